The molecule has 114 valence electrons. The minimum Gasteiger partial charge on any atom is -0.495 e. The first-order chi connectivity index (χ1) is 10.6. The van der Waals surface area contributed by atoms with Crippen LogP contribution in [-0.2, 0) is 6.42 Å². The average molecular weight is 335 g/mol. The van der Waals surface area contributed by atoms with Crippen LogP contribution in [0.1, 0.15) is 23.6 Å². The van der Waals surface area contributed by atoms with Crippen molar-refractivity contribution in [2.45, 2.75) is 19.4 Å². The van der Waals surface area contributed by atoms with Crippen molar-refractivity contribution in [2.24, 2.45) is 5.10 Å². The summed E-state index contributed by atoms with van der Waals surface area (Å²) >= 11 is 12.3. The molecule has 1 heterocycles. The van der Waals surface area contributed by atoms with Crippen LogP contribution < -0.4 is 10.2 Å². The van der Waals surface area contributed by atoms with E-state index in [0.717, 1.165) is 28.8 Å². The third-order valence-corrected chi connectivity index (χ3v) is 4.22. The predicted octanol–water partition coefficient (Wildman–Crippen LogP) is 4.29. The van der Waals surface area contributed by atoms with E-state index in [4.69, 9.17) is 27.9 Å². The van der Waals surface area contributed by atoms with Gasteiger partial charge in [-0.1, -0.05) is 35.3 Å². The summed E-state index contributed by atoms with van der Waals surface area (Å²) in [4.78, 5) is 0. The minimum absolute atomic E-state index is 0.231. The second-order valence-electron chi connectivity index (χ2n) is 5.35. The van der Waals surface area contributed by atoms with Crippen molar-refractivity contribution < 1.29 is 4.74 Å². The van der Waals surface area contributed by atoms with E-state index in [2.05, 4.69) is 17.5 Å². The van der Waals surface area contributed by atoms with Crippen molar-refractivity contribution in [1.82, 2.24) is 5.43 Å². The van der Waals surface area contributed by atoms with Gasteiger partial charge in [0, 0.05) is 22.2 Å². The topological polar surface area (TPSA) is 33.6 Å². The van der Waals surface area contributed by atoms with Gasteiger partial charge in [0.15, 0.2) is 0 Å². The van der Waals surface area contributed by atoms with Crippen molar-refractivity contribution in [3.63, 3.8) is 0 Å². The number of methoxy groups -OCH3 is 1. The summed E-state index contributed by atoms with van der Waals surface area (Å²) in [5.74, 6) is 0.685. The van der Waals surface area contributed by atoms with Gasteiger partial charge in [-0.25, -0.2) is 0 Å². The number of hydrazone groups is 1. The molecule has 0 aromatic heterocycles. The van der Waals surface area contributed by atoms with Crippen LogP contribution in [0.3, 0.4) is 0 Å². The molecule has 1 N–H and O–H groups in total. The van der Waals surface area contributed by atoms with Crippen LogP contribution in [0.5, 0.6) is 5.75 Å². The highest BCUT2D eigenvalue weighted by molar-refractivity contribution is 6.33. The first-order valence-electron chi connectivity index (χ1n) is 7.04. The van der Waals surface area contributed by atoms with Gasteiger partial charge in [-0.15, -0.1) is 0 Å². The van der Waals surface area contributed by atoms with Crippen LogP contribution in [-0.4, -0.2) is 18.9 Å². The minimum atomic E-state index is 0.231. The van der Waals surface area contributed by atoms with Crippen LogP contribution in [0.15, 0.2) is 41.5 Å². The maximum atomic E-state index is 6.31. The molecule has 1 aliphatic rings. The van der Waals surface area contributed by atoms with Crippen LogP contribution >= 0.6 is 23.2 Å². The molecule has 0 amide bonds. The smallest absolute Gasteiger partial charge is 0.137 e. The standard InChI is InChI=1S/C17H16Cl2N2O/c1-10-7-12-8-16(22-2)15(19)9-14(12)17(21-20-10)11-3-5-13(18)6-4-11/h3-6,8-10,20H,7H2,1-2H3. The molecule has 3 rings (SSSR count). The maximum Gasteiger partial charge on any atom is 0.137 e. The lowest BCUT2D eigenvalue weighted by atomic mass is 9.94. The molecule has 0 saturated heterocycles. The van der Waals surface area contributed by atoms with Crippen LogP contribution in [0.4, 0.5) is 0 Å². The second-order valence-corrected chi connectivity index (χ2v) is 6.19. The number of nitrogens with one attached hydrogen (secondary N) is 1. The molecule has 3 nitrogen and oxygen atoms in total. The van der Waals surface area contributed by atoms with E-state index in [1.165, 1.54) is 0 Å². The molecule has 1 unspecified atom stereocenters. The third kappa shape index (κ3) is 2.92. The number of hydrogen-bond acceptors (Lipinski definition) is 3. The molecule has 2 aromatic rings. The van der Waals surface area contributed by atoms with Gasteiger partial charge in [0.2, 0.25) is 0 Å². The normalized spacial score (nSPS) is 17.1. The fourth-order valence-corrected chi connectivity index (χ4v) is 2.95. The fraction of sp³-hybridized carbons (Fsp3) is 0.235. The highest BCUT2D eigenvalue weighted by Gasteiger charge is 2.20. The highest BCUT2D eigenvalue weighted by atomic mass is 35.5. The highest BCUT2D eigenvalue weighted by Crippen LogP contribution is 2.31. The SMILES string of the molecule is COc1cc2c(cc1Cl)C(c1ccc(Cl)cc1)=NNC(C)C2. The number of rotatable bonds is 2. The van der Waals surface area contributed by atoms with E-state index in [0.29, 0.717) is 15.8 Å². The molecule has 0 radical (unpaired) electrons. The van der Waals surface area contributed by atoms with Gasteiger partial charge in [0.05, 0.1) is 17.8 Å². The van der Waals surface area contributed by atoms with E-state index in [9.17, 15) is 0 Å². The number of ether oxygens (including phenoxy) is 1. The Hall–Kier alpha value is -1.71. The number of nitrogens with zero attached hydrogens (tertiary/aromatic N) is 1. The van der Waals surface area contributed by atoms with Crippen molar-refractivity contribution in [3.8, 4) is 5.75 Å². The lowest BCUT2D eigenvalue weighted by molar-refractivity contribution is 0.414. The Bertz CT molecular complexity index is 726. The molecule has 0 spiro atoms. The van der Waals surface area contributed by atoms with Gasteiger partial charge in [-0.3, -0.25) is 0 Å². The molecule has 5 heteroatoms. The Morgan fingerprint density at radius 1 is 1.18 bits per heavy atom. The molecule has 0 bridgehead atoms. The summed E-state index contributed by atoms with van der Waals surface area (Å²) in [6.07, 6.45) is 0.851. The van der Waals surface area contributed by atoms with E-state index >= 15 is 0 Å². The molecular weight excluding hydrogens is 319 g/mol. The number of benzene rings is 2. The Morgan fingerprint density at radius 2 is 1.91 bits per heavy atom. The molecule has 1 aliphatic heterocycles. The number of halogens is 2. The van der Waals surface area contributed by atoms with Gasteiger partial charge >= 0.3 is 0 Å². The Kier molecular flexibility index (Phi) is 4.27. The zero-order chi connectivity index (χ0) is 15.7. The van der Waals surface area contributed by atoms with Crippen molar-refractivity contribution in [2.75, 3.05) is 7.11 Å². The predicted molar refractivity (Wildman–Crippen MR) is 91.4 cm³/mol. The summed E-state index contributed by atoms with van der Waals surface area (Å²) in [5, 5.41) is 5.85. The molecule has 0 fully saturated rings. The second kappa shape index (κ2) is 6.19. The van der Waals surface area contributed by atoms with Gasteiger partial charge in [0.1, 0.15) is 5.75 Å². The van der Waals surface area contributed by atoms with E-state index in [1.807, 2.05) is 36.4 Å². The Balaban J connectivity index is 2.16. The van der Waals surface area contributed by atoms with E-state index in [-0.39, 0.29) is 6.04 Å². The average Bonchev–Trinajstić information content (AvgIpc) is 2.66. The molecule has 2 aromatic carbocycles. The summed E-state index contributed by atoms with van der Waals surface area (Å²) in [5.41, 5.74) is 7.22. The zero-order valence-electron chi connectivity index (χ0n) is 12.4. The van der Waals surface area contributed by atoms with Crippen molar-refractivity contribution in [1.29, 1.82) is 0 Å². The third-order valence-electron chi connectivity index (χ3n) is 3.67. The Morgan fingerprint density at radius 3 is 2.59 bits per heavy atom. The molecule has 0 saturated carbocycles. The summed E-state index contributed by atoms with van der Waals surface area (Å²) < 4.78 is 5.33. The molecular formula is C17H16Cl2N2O. The van der Waals surface area contributed by atoms with Gasteiger partial charge in [-0.2, -0.15) is 5.10 Å². The van der Waals surface area contributed by atoms with Crippen LogP contribution in [0.25, 0.3) is 0 Å². The molecule has 0 aliphatic carbocycles. The fourth-order valence-electron chi connectivity index (χ4n) is 2.58. The molecule has 1 atom stereocenters. The van der Waals surface area contributed by atoms with E-state index < -0.39 is 0 Å². The summed E-state index contributed by atoms with van der Waals surface area (Å²) in [6, 6.07) is 11.8. The summed E-state index contributed by atoms with van der Waals surface area (Å²) in [7, 11) is 1.63. The first kappa shape index (κ1) is 15.2. The van der Waals surface area contributed by atoms with Gasteiger partial charge < -0.3 is 10.2 Å². The number of hydrogen-bond donors (Lipinski definition) is 1. The summed E-state index contributed by atoms with van der Waals surface area (Å²) in [6.45, 7) is 2.10. The number of fused-ring (bicyclic) bond motifs is 1. The quantitative estimate of drug-likeness (QED) is 0.888. The lowest BCUT2D eigenvalue weighted by Crippen LogP contribution is -2.21. The largest absolute Gasteiger partial charge is 0.495 e. The first-order valence-corrected chi connectivity index (χ1v) is 7.80. The van der Waals surface area contributed by atoms with E-state index in [1.54, 1.807) is 7.11 Å². The van der Waals surface area contributed by atoms with Crippen molar-refractivity contribution >= 4 is 28.9 Å². The Labute approximate surface area is 139 Å². The van der Waals surface area contributed by atoms with Crippen molar-refractivity contribution in [3.05, 3.63) is 63.1 Å². The zero-order valence-corrected chi connectivity index (χ0v) is 13.9. The van der Waals surface area contributed by atoms with Crippen LogP contribution in [0.2, 0.25) is 10.0 Å². The van der Waals surface area contributed by atoms with Gasteiger partial charge in [0.25, 0.3) is 0 Å². The maximum absolute atomic E-state index is 6.31. The lowest BCUT2D eigenvalue weighted by Gasteiger charge is -2.13. The van der Waals surface area contributed by atoms with Crippen LogP contribution in [0, 0.1) is 0 Å². The monoisotopic (exact) mass is 334 g/mol. The van der Waals surface area contributed by atoms with Gasteiger partial charge in [-0.05, 0) is 43.2 Å². The molecule has 22 heavy (non-hydrogen) atoms.